The van der Waals surface area contributed by atoms with E-state index in [1.807, 2.05) is 6.07 Å². The second-order valence-electron chi connectivity index (χ2n) is 4.86. The monoisotopic (exact) mass is 245 g/mol. The first-order chi connectivity index (χ1) is 8.66. The van der Waals surface area contributed by atoms with Crippen molar-refractivity contribution in [2.45, 2.75) is 27.2 Å². The standard InChI is InChI=1S/C13H19N5/c1-10(2)6-7-14-13-8-12(5-4-11(13)3)18-9-15-16-17-18/h4-5,8-10,14H,6-7H2,1-3H3. The van der Waals surface area contributed by atoms with Crippen molar-refractivity contribution in [3.63, 3.8) is 0 Å². The summed E-state index contributed by atoms with van der Waals surface area (Å²) in [4.78, 5) is 0. The van der Waals surface area contributed by atoms with Crippen molar-refractivity contribution >= 4 is 5.69 Å². The Bertz CT molecular complexity index is 490. The van der Waals surface area contributed by atoms with Gasteiger partial charge >= 0.3 is 0 Å². The molecule has 0 fully saturated rings. The summed E-state index contributed by atoms with van der Waals surface area (Å²) in [7, 11) is 0. The number of nitrogens with one attached hydrogen (secondary N) is 1. The lowest BCUT2D eigenvalue weighted by molar-refractivity contribution is 0.607. The minimum absolute atomic E-state index is 0.709. The summed E-state index contributed by atoms with van der Waals surface area (Å²) in [6.07, 6.45) is 2.76. The molecule has 0 atom stereocenters. The minimum atomic E-state index is 0.709. The maximum atomic E-state index is 3.89. The number of anilines is 1. The molecule has 0 aliphatic rings. The van der Waals surface area contributed by atoms with Crippen molar-refractivity contribution in [1.29, 1.82) is 0 Å². The summed E-state index contributed by atoms with van der Waals surface area (Å²) in [6.45, 7) is 7.54. The zero-order chi connectivity index (χ0) is 13.0. The first-order valence-corrected chi connectivity index (χ1v) is 6.24. The third-order valence-electron chi connectivity index (χ3n) is 2.87. The van der Waals surface area contributed by atoms with E-state index in [1.54, 1.807) is 11.0 Å². The second kappa shape index (κ2) is 5.62. The molecule has 1 aromatic heterocycles. The molecule has 0 aliphatic carbocycles. The third-order valence-corrected chi connectivity index (χ3v) is 2.87. The maximum absolute atomic E-state index is 3.89. The number of tetrazole rings is 1. The molecule has 0 unspecified atom stereocenters. The number of aryl methyl sites for hydroxylation is 1. The predicted octanol–water partition coefficient (Wildman–Crippen LogP) is 2.43. The molecule has 96 valence electrons. The quantitative estimate of drug-likeness (QED) is 0.879. The van der Waals surface area contributed by atoms with E-state index in [9.17, 15) is 0 Å². The van der Waals surface area contributed by atoms with E-state index in [2.05, 4.69) is 53.7 Å². The molecule has 0 amide bonds. The van der Waals surface area contributed by atoms with Crippen molar-refractivity contribution < 1.29 is 0 Å². The number of nitrogens with zero attached hydrogens (tertiary/aromatic N) is 4. The van der Waals surface area contributed by atoms with Gasteiger partial charge in [0.1, 0.15) is 6.33 Å². The number of hydrogen-bond acceptors (Lipinski definition) is 4. The smallest absolute Gasteiger partial charge is 0.143 e. The van der Waals surface area contributed by atoms with E-state index in [0.29, 0.717) is 5.92 Å². The van der Waals surface area contributed by atoms with E-state index in [4.69, 9.17) is 0 Å². The van der Waals surface area contributed by atoms with Crippen LogP contribution in [0.15, 0.2) is 24.5 Å². The van der Waals surface area contributed by atoms with E-state index in [-0.39, 0.29) is 0 Å². The van der Waals surface area contributed by atoms with E-state index in [0.717, 1.165) is 24.3 Å². The average molecular weight is 245 g/mol. The summed E-state index contributed by atoms with van der Waals surface area (Å²) in [5, 5.41) is 14.7. The highest BCUT2D eigenvalue weighted by molar-refractivity contribution is 5.56. The van der Waals surface area contributed by atoms with Gasteiger partial charge in [-0.05, 0) is 47.4 Å². The molecular weight excluding hydrogens is 226 g/mol. The van der Waals surface area contributed by atoms with Gasteiger partial charge in [0.2, 0.25) is 0 Å². The van der Waals surface area contributed by atoms with Crippen molar-refractivity contribution in [3.8, 4) is 5.69 Å². The fourth-order valence-corrected chi connectivity index (χ4v) is 1.72. The normalized spacial score (nSPS) is 10.9. The van der Waals surface area contributed by atoms with Crippen LogP contribution in [0, 0.1) is 12.8 Å². The van der Waals surface area contributed by atoms with Crippen molar-refractivity contribution in [1.82, 2.24) is 20.2 Å². The molecule has 0 saturated carbocycles. The van der Waals surface area contributed by atoms with Gasteiger partial charge in [-0.3, -0.25) is 0 Å². The van der Waals surface area contributed by atoms with Crippen LogP contribution in [0.4, 0.5) is 5.69 Å². The van der Waals surface area contributed by atoms with Gasteiger partial charge in [0.05, 0.1) is 5.69 Å². The van der Waals surface area contributed by atoms with Crippen LogP contribution in [-0.2, 0) is 0 Å². The summed E-state index contributed by atoms with van der Waals surface area (Å²) >= 11 is 0. The number of benzene rings is 1. The maximum Gasteiger partial charge on any atom is 0.143 e. The minimum Gasteiger partial charge on any atom is -0.385 e. The van der Waals surface area contributed by atoms with Gasteiger partial charge in [-0.1, -0.05) is 19.9 Å². The van der Waals surface area contributed by atoms with Gasteiger partial charge in [0.15, 0.2) is 0 Å². The summed E-state index contributed by atoms with van der Waals surface area (Å²) in [5.41, 5.74) is 3.34. The Balaban J connectivity index is 2.12. The first-order valence-electron chi connectivity index (χ1n) is 6.24. The molecule has 1 heterocycles. The molecule has 0 radical (unpaired) electrons. The van der Waals surface area contributed by atoms with Gasteiger partial charge in [0, 0.05) is 12.2 Å². The fourth-order valence-electron chi connectivity index (χ4n) is 1.72. The van der Waals surface area contributed by atoms with Crippen molar-refractivity contribution in [2.75, 3.05) is 11.9 Å². The largest absolute Gasteiger partial charge is 0.385 e. The fraction of sp³-hybridized carbons (Fsp3) is 0.462. The molecule has 5 nitrogen and oxygen atoms in total. The Labute approximate surface area is 107 Å². The van der Waals surface area contributed by atoms with E-state index in [1.165, 1.54) is 5.56 Å². The van der Waals surface area contributed by atoms with Crippen LogP contribution in [-0.4, -0.2) is 26.8 Å². The number of hydrogen-bond donors (Lipinski definition) is 1. The Hall–Kier alpha value is -1.91. The highest BCUT2D eigenvalue weighted by Gasteiger charge is 2.03. The van der Waals surface area contributed by atoms with Gasteiger partial charge in [0.25, 0.3) is 0 Å². The summed E-state index contributed by atoms with van der Waals surface area (Å²) in [6, 6.07) is 6.17. The number of rotatable bonds is 5. The molecule has 18 heavy (non-hydrogen) atoms. The molecule has 0 aliphatic heterocycles. The molecule has 1 aromatic carbocycles. The van der Waals surface area contributed by atoms with Crippen LogP contribution >= 0.6 is 0 Å². The molecule has 2 rings (SSSR count). The lowest BCUT2D eigenvalue weighted by Crippen LogP contribution is -2.07. The predicted molar refractivity (Wildman–Crippen MR) is 71.8 cm³/mol. The number of aromatic nitrogens is 4. The third kappa shape index (κ3) is 3.06. The van der Waals surface area contributed by atoms with Crippen molar-refractivity contribution in [3.05, 3.63) is 30.1 Å². The molecule has 0 bridgehead atoms. The Morgan fingerprint density at radius 1 is 1.33 bits per heavy atom. The van der Waals surface area contributed by atoms with Gasteiger partial charge in [-0.25, -0.2) is 4.68 Å². The van der Waals surface area contributed by atoms with E-state index >= 15 is 0 Å². The van der Waals surface area contributed by atoms with Gasteiger partial charge in [-0.15, -0.1) is 5.10 Å². The van der Waals surface area contributed by atoms with Gasteiger partial charge in [-0.2, -0.15) is 0 Å². The van der Waals surface area contributed by atoms with Crippen LogP contribution in [0.2, 0.25) is 0 Å². The molecule has 0 saturated heterocycles. The summed E-state index contributed by atoms with van der Waals surface area (Å²) < 4.78 is 1.66. The Kier molecular flexibility index (Phi) is 3.92. The lowest BCUT2D eigenvalue weighted by Gasteiger charge is -2.12. The van der Waals surface area contributed by atoms with Crippen LogP contribution in [0.25, 0.3) is 5.69 Å². The Morgan fingerprint density at radius 3 is 2.83 bits per heavy atom. The molecular formula is C13H19N5. The second-order valence-corrected chi connectivity index (χ2v) is 4.86. The molecule has 1 N–H and O–H groups in total. The molecule has 2 aromatic rings. The zero-order valence-corrected chi connectivity index (χ0v) is 11.1. The average Bonchev–Trinajstić information content (AvgIpc) is 2.84. The first kappa shape index (κ1) is 12.5. The SMILES string of the molecule is Cc1ccc(-n2cnnn2)cc1NCCC(C)C. The highest BCUT2D eigenvalue weighted by Crippen LogP contribution is 2.19. The van der Waals surface area contributed by atoms with E-state index < -0.39 is 0 Å². The van der Waals surface area contributed by atoms with Crippen LogP contribution in [0.1, 0.15) is 25.8 Å². The van der Waals surface area contributed by atoms with Crippen LogP contribution in [0.5, 0.6) is 0 Å². The molecule has 0 spiro atoms. The summed E-state index contributed by atoms with van der Waals surface area (Å²) in [5.74, 6) is 0.709. The highest BCUT2D eigenvalue weighted by atomic mass is 15.5. The van der Waals surface area contributed by atoms with Crippen molar-refractivity contribution in [2.24, 2.45) is 5.92 Å². The van der Waals surface area contributed by atoms with Gasteiger partial charge < -0.3 is 5.32 Å². The Morgan fingerprint density at radius 2 is 2.17 bits per heavy atom. The van der Waals surface area contributed by atoms with Crippen LogP contribution < -0.4 is 5.32 Å². The zero-order valence-electron chi connectivity index (χ0n) is 11.1. The van der Waals surface area contributed by atoms with Crippen LogP contribution in [0.3, 0.4) is 0 Å². The lowest BCUT2D eigenvalue weighted by atomic mass is 10.1. The topological polar surface area (TPSA) is 55.6 Å². The molecule has 5 heteroatoms.